The van der Waals surface area contributed by atoms with E-state index in [1.54, 1.807) is 4.90 Å². The molecule has 150 valence electrons. The Kier molecular flexibility index (Phi) is 9.36. The number of nitrogens with one attached hydrogen (secondary N) is 1. The Balaban J connectivity index is 0.00000576. The lowest BCUT2D eigenvalue weighted by atomic mass is 9.81. The summed E-state index contributed by atoms with van der Waals surface area (Å²) >= 11 is 0. The number of carbonyl (C=O) groups excluding carboxylic acids is 1. The third-order valence-corrected chi connectivity index (χ3v) is 4.51. The van der Waals surface area contributed by atoms with Gasteiger partial charge in [-0.25, -0.2) is 0 Å². The van der Waals surface area contributed by atoms with E-state index in [4.69, 9.17) is 0 Å². The highest BCUT2D eigenvalue weighted by atomic mass is 35.5. The van der Waals surface area contributed by atoms with Gasteiger partial charge in [-0.3, -0.25) is 9.69 Å². The summed E-state index contributed by atoms with van der Waals surface area (Å²) in [6, 6.07) is -1.43. The van der Waals surface area contributed by atoms with Gasteiger partial charge < -0.3 is 20.6 Å². The highest BCUT2D eigenvalue weighted by Gasteiger charge is 2.50. The molecular formula is C18H37ClN2O4. The van der Waals surface area contributed by atoms with Gasteiger partial charge in [-0.15, -0.1) is 12.4 Å². The molecule has 0 spiro atoms. The lowest BCUT2D eigenvalue weighted by Gasteiger charge is -2.36. The molecule has 1 rings (SSSR count). The largest absolute Gasteiger partial charge is 0.395 e. The van der Waals surface area contributed by atoms with E-state index in [2.05, 4.69) is 26.1 Å². The Morgan fingerprint density at radius 2 is 1.68 bits per heavy atom. The first-order valence-corrected chi connectivity index (χ1v) is 8.98. The molecule has 1 fully saturated rings. The van der Waals surface area contributed by atoms with Crippen molar-refractivity contribution in [2.45, 2.75) is 90.6 Å². The van der Waals surface area contributed by atoms with Gasteiger partial charge in [0.15, 0.2) is 0 Å². The van der Waals surface area contributed by atoms with Crippen LogP contribution in [-0.2, 0) is 4.79 Å². The van der Waals surface area contributed by atoms with Gasteiger partial charge in [0.1, 0.15) is 12.1 Å². The minimum Gasteiger partial charge on any atom is -0.395 e. The molecule has 4 atom stereocenters. The van der Waals surface area contributed by atoms with E-state index < -0.39 is 29.8 Å². The van der Waals surface area contributed by atoms with Gasteiger partial charge in [-0.05, 0) is 38.6 Å². The molecule has 1 amide bonds. The zero-order valence-electron chi connectivity index (χ0n) is 16.5. The normalized spacial score (nSPS) is 27.9. The van der Waals surface area contributed by atoms with Crippen molar-refractivity contribution in [3.63, 3.8) is 0 Å². The summed E-state index contributed by atoms with van der Waals surface area (Å²) in [5.41, 5.74) is -0.367. The molecule has 0 bridgehead atoms. The van der Waals surface area contributed by atoms with Crippen molar-refractivity contribution >= 4 is 18.3 Å². The van der Waals surface area contributed by atoms with Gasteiger partial charge in [0.05, 0.1) is 18.8 Å². The minimum absolute atomic E-state index is 0. The van der Waals surface area contributed by atoms with E-state index in [1.807, 2.05) is 20.8 Å². The maximum absolute atomic E-state index is 12.8. The molecule has 0 unspecified atom stereocenters. The fourth-order valence-corrected chi connectivity index (χ4v) is 3.95. The summed E-state index contributed by atoms with van der Waals surface area (Å²) in [6.45, 7) is 12.6. The molecule has 1 heterocycles. The first-order chi connectivity index (χ1) is 10.9. The van der Waals surface area contributed by atoms with E-state index in [9.17, 15) is 20.1 Å². The van der Waals surface area contributed by atoms with E-state index >= 15 is 0 Å². The summed E-state index contributed by atoms with van der Waals surface area (Å²) in [5.74, 6) is -0.289. The maximum Gasteiger partial charge on any atom is 0.240 e. The Morgan fingerprint density at radius 1 is 1.12 bits per heavy atom. The number of amides is 1. The molecular weight excluding hydrogens is 344 g/mol. The first-order valence-electron chi connectivity index (χ1n) is 8.98. The number of hydrogen-bond donors (Lipinski definition) is 4. The number of carbonyl (C=O) groups is 1. The van der Waals surface area contributed by atoms with Crippen molar-refractivity contribution in [1.29, 1.82) is 0 Å². The van der Waals surface area contributed by atoms with Crippen LogP contribution in [0.15, 0.2) is 0 Å². The summed E-state index contributed by atoms with van der Waals surface area (Å²) in [4.78, 5) is 14.6. The number of likely N-dealkylation sites (tertiary alicyclic amines) is 1. The molecule has 4 N–H and O–H groups in total. The highest BCUT2D eigenvalue weighted by molar-refractivity contribution is 5.85. The zero-order chi connectivity index (χ0) is 18.7. The van der Waals surface area contributed by atoms with Crippen LogP contribution in [0.4, 0.5) is 0 Å². The topological polar surface area (TPSA) is 93.0 Å². The van der Waals surface area contributed by atoms with Crippen molar-refractivity contribution in [2.24, 2.45) is 5.41 Å². The summed E-state index contributed by atoms with van der Waals surface area (Å²) in [6.07, 6.45) is 0.253. The SMILES string of the molecule is CCCCN1[C@H](CO)[C@H](O)[C@H](O)[C@@H]1C(=O)NC(C)(C)CC(C)(C)C.Cl. The molecule has 6 nitrogen and oxygen atoms in total. The summed E-state index contributed by atoms with van der Waals surface area (Å²) < 4.78 is 0. The summed E-state index contributed by atoms with van der Waals surface area (Å²) in [7, 11) is 0. The number of hydrogen-bond acceptors (Lipinski definition) is 5. The first kappa shape index (κ1) is 24.6. The quantitative estimate of drug-likeness (QED) is 0.534. The third kappa shape index (κ3) is 6.68. The van der Waals surface area contributed by atoms with Crippen molar-refractivity contribution in [2.75, 3.05) is 13.2 Å². The molecule has 0 aliphatic carbocycles. The number of unbranched alkanes of at least 4 members (excludes halogenated alkanes) is 1. The van der Waals surface area contributed by atoms with Crippen LogP contribution < -0.4 is 5.32 Å². The average Bonchev–Trinajstić information content (AvgIpc) is 2.64. The van der Waals surface area contributed by atoms with Crippen molar-refractivity contribution in [1.82, 2.24) is 10.2 Å². The number of halogens is 1. The molecule has 0 saturated carbocycles. The molecule has 7 heteroatoms. The third-order valence-electron chi connectivity index (χ3n) is 4.51. The van der Waals surface area contributed by atoms with E-state index in [-0.39, 0.29) is 30.3 Å². The van der Waals surface area contributed by atoms with Gasteiger partial charge in [0, 0.05) is 5.54 Å². The maximum atomic E-state index is 12.8. The zero-order valence-corrected chi connectivity index (χ0v) is 17.3. The molecule has 1 aliphatic heterocycles. The van der Waals surface area contributed by atoms with Crippen LogP contribution in [0.5, 0.6) is 0 Å². The fourth-order valence-electron chi connectivity index (χ4n) is 3.95. The van der Waals surface area contributed by atoms with Crippen molar-refractivity contribution in [3.8, 4) is 0 Å². The molecule has 0 aromatic carbocycles. The van der Waals surface area contributed by atoms with Crippen LogP contribution in [0.1, 0.15) is 60.8 Å². The number of aliphatic hydroxyl groups is 3. The van der Waals surface area contributed by atoms with Gasteiger partial charge in [0.25, 0.3) is 0 Å². The predicted molar refractivity (Wildman–Crippen MR) is 102 cm³/mol. The van der Waals surface area contributed by atoms with E-state index in [1.165, 1.54) is 0 Å². The minimum atomic E-state index is -1.19. The Bertz CT molecular complexity index is 426. The monoisotopic (exact) mass is 380 g/mol. The predicted octanol–water partition coefficient (Wildman–Crippen LogP) is 1.31. The molecule has 0 aromatic rings. The van der Waals surface area contributed by atoms with E-state index in [0.29, 0.717) is 6.54 Å². The Hall–Kier alpha value is -0.400. The molecule has 1 aliphatic rings. The lowest BCUT2D eigenvalue weighted by Crippen LogP contribution is -2.56. The molecule has 0 aromatic heterocycles. The lowest BCUT2D eigenvalue weighted by molar-refractivity contribution is -0.131. The number of aliphatic hydroxyl groups excluding tert-OH is 3. The van der Waals surface area contributed by atoms with Crippen LogP contribution in [0, 0.1) is 5.41 Å². The van der Waals surface area contributed by atoms with Crippen molar-refractivity contribution < 1.29 is 20.1 Å². The smallest absolute Gasteiger partial charge is 0.240 e. The summed E-state index contributed by atoms with van der Waals surface area (Å²) in [5, 5.41) is 33.2. The van der Waals surface area contributed by atoms with Crippen LogP contribution in [0.25, 0.3) is 0 Å². The number of nitrogens with zero attached hydrogens (tertiary/aromatic N) is 1. The van der Waals surface area contributed by atoms with E-state index in [0.717, 1.165) is 19.3 Å². The van der Waals surface area contributed by atoms with Crippen LogP contribution in [0.3, 0.4) is 0 Å². The van der Waals surface area contributed by atoms with Gasteiger partial charge in [-0.2, -0.15) is 0 Å². The van der Waals surface area contributed by atoms with Gasteiger partial charge in [0.2, 0.25) is 5.91 Å². The van der Waals surface area contributed by atoms with Gasteiger partial charge >= 0.3 is 0 Å². The molecule has 1 saturated heterocycles. The Morgan fingerprint density at radius 3 is 2.12 bits per heavy atom. The van der Waals surface area contributed by atoms with Crippen molar-refractivity contribution in [3.05, 3.63) is 0 Å². The second kappa shape index (κ2) is 9.51. The van der Waals surface area contributed by atoms with Crippen LogP contribution in [-0.4, -0.2) is 69.1 Å². The molecule has 0 radical (unpaired) electrons. The standard InChI is InChI=1S/C18H36N2O4.ClH/c1-7-8-9-20-12(10-21)14(22)15(23)13(20)16(24)19-18(5,6)11-17(2,3)4;/h12-15,21-23H,7-11H2,1-6H3,(H,19,24);1H/t12-,13-,14+,15-;/m1./s1. The highest BCUT2D eigenvalue weighted by Crippen LogP contribution is 2.29. The van der Waals surface area contributed by atoms with Crippen LogP contribution >= 0.6 is 12.4 Å². The van der Waals surface area contributed by atoms with Gasteiger partial charge in [-0.1, -0.05) is 34.1 Å². The van der Waals surface area contributed by atoms with Crippen LogP contribution in [0.2, 0.25) is 0 Å². The fraction of sp³-hybridized carbons (Fsp3) is 0.944. The second-order valence-corrected chi connectivity index (χ2v) is 8.88. The molecule has 25 heavy (non-hydrogen) atoms. The number of rotatable bonds is 7. The average molecular weight is 381 g/mol. The second-order valence-electron chi connectivity index (χ2n) is 8.88. The Labute approximate surface area is 158 Å².